The maximum absolute atomic E-state index is 12.2. The van der Waals surface area contributed by atoms with Crippen LogP contribution in [0.4, 0.5) is 0 Å². The summed E-state index contributed by atoms with van der Waals surface area (Å²) in [5, 5.41) is 7.54. The van der Waals surface area contributed by atoms with Gasteiger partial charge in [0, 0.05) is 0 Å². The van der Waals surface area contributed by atoms with E-state index in [1.54, 1.807) is 11.8 Å². The molecule has 0 rings (SSSR count). The summed E-state index contributed by atoms with van der Waals surface area (Å²) < 4.78 is 0. The molecular weight excluding hydrogens is 332 g/mol. The second kappa shape index (κ2) is 11.7. The van der Waals surface area contributed by atoms with Gasteiger partial charge in [-0.25, -0.2) is 0 Å². The molecule has 0 aliphatic heterocycles. The topological polar surface area (TPSA) is 130 Å². The van der Waals surface area contributed by atoms with Crippen LogP contribution in [0.2, 0.25) is 0 Å². The highest BCUT2D eigenvalue weighted by molar-refractivity contribution is 7.98. The number of carbonyl (C=O) groups excluding carboxylic acids is 4. The van der Waals surface area contributed by atoms with Crippen LogP contribution >= 0.6 is 11.8 Å². The van der Waals surface area contributed by atoms with Gasteiger partial charge < -0.3 is 21.7 Å². The molecule has 0 aromatic heterocycles. The summed E-state index contributed by atoms with van der Waals surface area (Å²) in [5.41, 5.74) is 5.31. The molecule has 0 radical (unpaired) electrons. The summed E-state index contributed by atoms with van der Waals surface area (Å²) in [6, 6.07) is -2.34. The molecule has 0 saturated heterocycles. The van der Waals surface area contributed by atoms with E-state index in [2.05, 4.69) is 16.0 Å². The number of rotatable bonds is 12. The van der Waals surface area contributed by atoms with Crippen molar-refractivity contribution in [1.82, 2.24) is 16.0 Å². The van der Waals surface area contributed by atoms with Crippen LogP contribution in [-0.2, 0) is 19.2 Å². The molecule has 8 nitrogen and oxygen atoms in total. The predicted octanol–water partition coefficient (Wildman–Crippen LogP) is -0.625. The van der Waals surface area contributed by atoms with Crippen LogP contribution in [0.5, 0.6) is 0 Å². The molecule has 0 aromatic carbocycles. The van der Waals surface area contributed by atoms with Gasteiger partial charge in [-0.3, -0.25) is 19.2 Å². The summed E-state index contributed by atoms with van der Waals surface area (Å²) in [6.45, 7) is 5.21. The molecule has 9 heteroatoms. The third kappa shape index (κ3) is 7.67. The molecule has 138 valence electrons. The Morgan fingerprint density at radius 1 is 1.17 bits per heavy atom. The van der Waals surface area contributed by atoms with Gasteiger partial charge in [0.05, 0.1) is 0 Å². The number of amides is 4. The summed E-state index contributed by atoms with van der Waals surface area (Å²) in [4.78, 5) is 46.4. The highest BCUT2D eigenvalue weighted by Gasteiger charge is 2.27. The SMILES string of the molecule is CC[C@H](C)[C@H](NC(=O)[C@H](C)NC(=O)[C@H](CCSC)NC=O)C(N)=O. The minimum absolute atomic E-state index is 0.111. The van der Waals surface area contributed by atoms with Crippen molar-refractivity contribution in [2.24, 2.45) is 11.7 Å². The third-order valence-electron chi connectivity index (χ3n) is 3.77. The van der Waals surface area contributed by atoms with Gasteiger partial charge in [-0.15, -0.1) is 0 Å². The van der Waals surface area contributed by atoms with Crippen LogP contribution in [0.3, 0.4) is 0 Å². The minimum Gasteiger partial charge on any atom is -0.368 e. The van der Waals surface area contributed by atoms with Crippen molar-refractivity contribution in [1.29, 1.82) is 0 Å². The van der Waals surface area contributed by atoms with Crippen LogP contribution < -0.4 is 21.7 Å². The number of hydrogen-bond acceptors (Lipinski definition) is 5. The van der Waals surface area contributed by atoms with E-state index in [9.17, 15) is 19.2 Å². The molecule has 0 aromatic rings. The van der Waals surface area contributed by atoms with E-state index in [1.807, 2.05) is 20.1 Å². The molecule has 24 heavy (non-hydrogen) atoms. The minimum atomic E-state index is -0.853. The van der Waals surface area contributed by atoms with Crippen LogP contribution in [0.25, 0.3) is 0 Å². The Bertz CT molecular complexity index is 447. The lowest BCUT2D eigenvalue weighted by atomic mass is 9.98. The molecule has 4 amide bonds. The fraction of sp³-hybridized carbons (Fsp3) is 0.733. The molecule has 5 N–H and O–H groups in total. The Morgan fingerprint density at radius 3 is 2.25 bits per heavy atom. The van der Waals surface area contributed by atoms with Crippen LogP contribution in [0.1, 0.15) is 33.6 Å². The smallest absolute Gasteiger partial charge is 0.243 e. The monoisotopic (exact) mass is 360 g/mol. The summed E-state index contributed by atoms with van der Waals surface area (Å²) in [6.07, 6.45) is 3.48. The van der Waals surface area contributed by atoms with Crippen molar-refractivity contribution < 1.29 is 19.2 Å². The predicted molar refractivity (Wildman–Crippen MR) is 94.2 cm³/mol. The number of primary amides is 1. The van der Waals surface area contributed by atoms with Gasteiger partial charge in [-0.2, -0.15) is 11.8 Å². The Hall–Kier alpha value is -1.77. The first-order valence-electron chi connectivity index (χ1n) is 7.87. The first kappa shape index (κ1) is 22.2. The first-order valence-corrected chi connectivity index (χ1v) is 9.26. The van der Waals surface area contributed by atoms with Crippen molar-refractivity contribution in [3.05, 3.63) is 0 Å². The van der Waals surface area contributed by atoms with Gasteiger partial charge in [0.15, 0.2) is 0 Å². The molecule has 0 saturated carbocycles. The van der Waals surface area contributed by atoms with Crippen LogP contribution in [-0.4, -0.2) is 54.3 Å². The molecule has 0 aliphatic carbocycles. The van der Waals surface area contributed by atoms with Gasteiger partial charge in [0.25, 0.3) is 0 Å². The Labute approximate surface area is 147 Å². The van der Waals surface area contributed by atoms with Crippen LogP contribution in [0, 0.1) is 5.92 Å². The number of nitrogens with one attached hydrogen (secondary N) is 3. The molecule has 0 fully saturated rings. The lowest BCUT2D eigenvalue weighted by molar-refractivity contribution is -0.132. The number of nitrogens with two attached hydrogens (primary N) is 1. The second-order valence-electron chi connectivity index (χ2n) is 5.62. The molecule has 0 bridgehead atoms. The maximum Gasteiger partial charge on any atom is 0.243 e. The first-order chi connectivity index (χ1) is 11.3. The van der Waals surface area contributed by atoms with Crippen molar-refractivity contribution >= 4 is 35.9 Å². The zero-order chi connectivity index (χ0) is 18.7. The second-order valence-corrected chi connectivity index (χ2v) is 6.61. The molecular formula is C15H28N4O4S. The average Bonchev–Trinajstić information content (AvgIpc) is 2.54. The highest BCUT2D eigenvalue weighted by Crippen LogP contribution is 2.07. The standard InChI is InChI=1S/C15H28N4O4S/c1-5-9(2)12(13(16)21)19-14(22)10(3)18-15(23)11(17-8-20)6-7-24-4/h8-12H,5-7H2,1-4H3,(H2,16,21)(H,17,20)(H,18,23)(H,19,22)/t9-,10-,11-,12-/m0/s1. The molecule has 0 unspecified atom stereocenters. The molecule has 0 aliphatic rings. The zero-order valence-electron chi connectivity index (χ0n) is 14.6. The van der Waals surface area contributed by atoms with Crippen molar-refractivity contribution in [2.45, 2.75) is 51.7 Å². The number of carbonyl (C=O) groups is 4. The van der Waals surface area contributed by atoms with Gasteiger partial charge in [0.1, 0.15) is 18.1 Å². The largest absolute Gasteiger partial charge is 0.368 e. The summed E-state index contributed by atoms with van der Waals surface area (Å²) in [5.74, 6) is -0.977. The van der Waals surface area contributed by atoms with E-state index in [1.165, 1.54) is 6.92 Å². The van der Waals surface area contributed by atoms with E-state index < -0.39 is 35.8 Å². The van der Waals surface area contributed by atoms with Crippen molar-refractivity contribution in [2.75, 3.05) is 12.0 Å². The fourth-order valence-electron chi connectivity index (χ4n) is 2.00. The normalized spacial score (nSPS) is 15.5. The highest BCUT2D eigenvalue weighted by atomic mass is 32.2. The summed E-state index contributed by atoms with van der Waals surface area (Å²) in [7, 11) is 0. The van der Waals surface area contributed by atoms with Gasteiger partial charge in [0.2, 0.25) is 24.1 Å². The van der Waals surface area contributed by atoms with Crippen molar-refractivity contribution in [3.8, 4) is 0 Å². The van der Waals surface area contributed by atoms with E-state index in [0.29, 0.717) is 25.0 Å². The number of hydrogen-bond donors (Lipinski definition) is 4. The summed E-state index contributed by atoms with van der Waals surface area (Å²) >= 11 is 1.55. The maximum atomic E-state index is 12.2. The fourth-order valence-corrected chi connectivity index (χ4v) is 2.47. The van der Waals surface area contributed by atoms with Gasteiger partial charge >= 0.3 is 0 Å². The van der Waals surface area contributed by atoms with E-state index in [4.69, 9.17) is 5.73 Å². The zero-order valence-corrected chi connectivity index (χ0v) is 15.4. The average molecular weight is 360 g/mol. The number of thioether (sulfide) groups is 1. The van der Waals surface area contributed by atoms with E-state index in [-0.39, 0.29) is 5.92 Å². The lowest BCUT2D eigenvalue weighted by Gasteiger charge is -2.24. The Morgan fingerprint density at radius 2 is 1.79 bits per heavy atom. The van der Waals surface area contributed by atoms with E-state index in [0.717, 1.165) is 0 Å². The van der Waals surface area contributed by atoms with Gasteiger partial charge in [-0.1, -0.05) is 20.3 Å². The lowest BCUT2D eigenvalue weighted by Crippen LogP contribution is -2.56. The third-order valence-corrected chi connectivity index (χ3v) is 4.41. The Kier molecular flexibility index (Phi) is 10.9. The van der Waals surface area contributed by atoms with Gasteiger partial charge in [-0.05, 0) is 31.3 Å². The Balaban J connectivity index is 4.73. The molecule has 0 spiro atoms. The quantitative estimate of drug-likeness (QED) is 0.344. The van der Waals surface area contributed by atoms with Crippen molar-refractivity contribution in [3.63, 3.8) is 0 Å². The van der Waals surface area contributed by atoms with Crippen LogP contribution in [0.15, 0.2) is 0 Å². The molecule has 4 atom stereocenters. The molecule has 0 heterocycles. The van der Waals surface area contributed by atoms with E-state index >= 15 is 0 Å².